The molecule has 2 aromatic rings. The molecule has 3 nitrogen and oxygen atoms in total. The second kappa shape index (κ2) is 5.50. The number of alkyl halides is 1. The van der Waals surface area contributed by atoms with Crippen LogP contribution in [0, 0.1) is 0 Å². The first-order valence-electron chi connectivity index (χ1n) is 5.69. The summed E-state index contributed by atoms with van der Waals surface area (Å²) in [5.41, 5.74) is -2.16. The Kier molecular flexibility index (Phi) is 3.97. The molecule has 0 aliphatic carbocycles. The van der Waals surface area contributed by atoms with E-state index >= 15 is 0 Å². The van der Waals surface area contributed by atoms with E-state index in [1.54, 1.807) is 24.3 Å². The fourth-order valence-corrected chi connectivity index (χ4v) is 3.00. The van der Waals surface area contributed by atoms with Gasteiger partial charge in [-0.3, -0.25) is 0 Å². The van der Waals surface area contributed by atoms with Crippen LogP contribution in [-0.4, -0.2) is 19.0 Å². The Hall–Kier alpha value is -1.72. The maximum atomic E-state index is 14.1. The summed E-state index contributed by atoms with van der Waals surface area (Å²) < 4.78 is 38.1. The summed E-state index contributed by atoms with van der Waals surface area (Å²) >= 11 is 0. The normalized spacial score (nSPS) is 14.8. The summed E-state index contributed by atoms with van der Waals surface area (Å²) in [6.45, 7) is 0. The Morgan fingerprint density at radius 2 is 1.37 bits per heavy atom. The monoisotopic (exact) mass is 280 g/mol. The fraction of sp³-hybridized carbons (Fsp3) is 0.143. The van der Waals surface area contributed by atoms with Crippen LogP contribution in [0.3, 0.4) is 0 Å². The SMILES string of the molecule is O=S(=O)(c1ccccc1)C(F)C(O)c1ccccc1. The third-order valence-corrected chi connectivity index (χ3v) is 4.54. The van der Waals surface area contributed by atoms with Crippen molar-refractivity contribution in [1.29, 1.82) is 0 Å². The van der Waals surface area contributed by atoms with Crippen LogP contribution < -0.4 is 0 Å². The predicted molar refractivity (Wildman–Crippen MR) is 69.9 cm³/mol. The van der Waals surface area contributed by atoms with Gasteiger partial charge in [0.15, 0.2) is 0 Å². The van der Waals surface area contributed by atoms with Crippen LogP contribution in [0.25, 0.3) is 0 Å². The van der Waals surface area contributed by atoms with E-state index in [-0.39, 0.29) is 10.5 Å². The Bertz CT molecular complexity index is 626. The molecule has 0 radical (unpaired) electrons. The molecule has 2 rings (SSSR count). The second-order valence-corrected chi connectivity index (χ2v) is 6.08. The Labute approximate surface area is 111 Å². The van der Waals surface area contributed by atoms with Gasteiger partial charge in [0, 0.05) is 0 Å². The average Bonchev–Trinajstić information content (AvgIpc) is 2.47. The molecule has 0 saturated heterocycles. The highest BCUT2D eigenvalue weighted by molar-refractivity contribution is 7.92. The fourth-order valence-electron chi connectivity index (χ4n) is 1.71. The maximum absolute atomic E-state index is 14.1. The van der Waals surface area contributed by atoms with Crippen molar-refractivity contribution >= 4 is 9.84 Å². The van der Waals surface area contributed by atoms with E-state index in [0.717, 1.165) is 0 Å². The lowest BCUT2D eigenvalue weighted by Crippen LogP contribution is -2.24. The van der Waals surface area contributed by atoms with Gasteiger partial charge in [-0.05, 0) is 17.7 Å². The standard InChI is InChI=1S/C14H13FO3S/c15-14(13(16)11-7-3-1-4-8-11)19(17,18)12-9-5-2-6-10-12/h1-10,13-14,16H. The minimum atomic E-state index is -4.20. The summed E-state index contributed by atoms with van der Waals surface area (Å²) in [5.74, 6) is 0. The smallest absolute Gasteiger partial charge is 0.234 e. The quantitative estimate of drug-likeness (QED) is 0.936. The van der Waals surface area contributed by atoms with Crippen molar-refractivity contribution in [2.75, 3.05) is 0 Å². The molecule has 5 heteroatoms. The minimum absolute atomic E-state index is 0.141. The highest BCUT2D eigenvalue weighted by Crippen LogP contribution is 2.27. The van der Waals surface area contributed by atoms with Gasteiger partial charge in [-0.2, -0.15) is 0 Å². The minimum Gasteiger partial charge on any atom is -0.384 e. The van der Waals surface area contributed by atoms with E-state index in [2.05, 4.69) is 0 Å². The molecule has 0 aliphatic rings. The molecule has 0 spiro atoms. The third kappa shape index (κ3) is 2.83. The lowest BCUT2D eigenvalue weighted by molar-refractivity contribution is 0.119. The third-order valence-electron chi connectivity index (χ3n) is 2.76. The Morgan fingerprint density at radius 3 is 1.89 bits per heavy atom. The summed E-state index contributed by atoms with van der Waals surface area (Å²) in [5, 5.41) is 9.83. The largest absolute Gasteiger partial charge is 0.384 e. The van der Waals surface area contributed by atoms with Gasteiger partial charge in [0.05, 0.1) is 4.90 Å². The summed E-state index contributed by atoms with van der Waals surface area (Å²) in [4.78, 5) is -0.141. The molecule has 0 aliphatic heterocycles. The van der Waals surface area contributed by atoms with Crippen molar-refractivity contribution in [3.63, 3.8) is 0 Å². The molecule has 19 heavy (non-hydrogen) atoms. The summed E-state index contributed by atoms with van der Waals surface area (Å²) in [6, 6.07) is 15.2. The number of aliphatic hydroxyl groups excluding tert-OH is 1. The van der Waals surface area contributed by atoms with Crippen LogP contribution in [0.1, 0.15) is 11.7 Å². The van der Waals surface area contributed by atoms with Gasteiger partial charge in [0.2, 0.25) is 15.3 Å². The first-order chi connectivity index (χ1) is 9.03. The number of hydrogen-bond acceptors (Lipinski definition) is 3. The number of aliphatic hydroxyl groups is 1. The topological polar surface area (TPSA) is 54.4 Å². The molecule has 1 N–H and O–H groups in total. The van der Waals surface area contributed by atoms with Gasteiger partial charge in [0.1, 0.15) is 6.10 Å². The van der Waals surface area contributed by atoms with E-state index in [4.69, 9.17) is 0 Å². The molecule has 0 aromatic heterocycles. The van der Waals surface area contributed by atoms with Crippen LogP contribution >= 0.6 is 0 Å². The van der Waals surface area contributed by atoms with Crippen LogP contribution in [0.2, 0.25) is 0 Å². The van der Waals surface area contributed by atoms with Gasteiger partial charge in [-0.25, -0.2) is 12.8 Å². The van der Waals surface area contributed by atoms with Crippen molar-refractivity contribution in [3.8, 4) is 0 Å². The highest BCUT2D eigenvalue weighted by atomic mass is 32.2. The van der Waals surface area contributed by atoms with Crippen molar-refractivity contribution in [3.05, 3.63) is 66.2 Å². The van der Waals surface area contributed by atoms with Crippen molar-refractivity contribution < 1.29 is 17.9 Å². The van der Waals surface area contributed by atoms with Crippen LogP contribution in [0.5, 0.6) is 0 Å². The van der Waals surface area contributed by atoms with Crippen molar-refractivity contribution in [1.82, 2.24) is 0 Å². The van der Waals surface area contributed by atoms with E-state index in [1.807, 2.05) is 0 Å². The van der Waals surface area contributed by atoms with E-state index in [9.17, 15) is 17.9 Å². The highest BCUT2D eigenvalue weighted by Gasteiger charge is 2.34. The van der Waals surface area contributed by atoms with E-state index in [0.29, 0.717) is 0 Å². The Morgan fingerprint density at radius 1 is 0.895 bits per heavy atom. The number of hydrogen-bond donors (Lipinski definition) is 1. The van der Waals surface area contributed by atoms with Crippen molar-refractivity contribution in [2.24, 2.45) is 0 Å². The van der Waals surface area contributed by atoms with E-state index in [1.165, 1.54) is 36.4 Å². The molecular weight excluding hydrogens is 267 g/mol. The van der Waals surface area contributed by atoms with Crippen LogP contribution in [0.4, 0.5) is 4.39 Å². The molecule has 0 amide bonds. The summed E-state index contributed by atoms with van der Waals surface area (Å²) in [6.07, 6.45) is -1.70. The zero-order valence-corrected chi connectivity index (χ0v) is 10.8. The predicted octanol–water partition coefficient (Wildman–Crippen LogP) is 2.49. The molecule has 2 unspecified atom stereocenters. The zero-order chi connectivity index (χ0) is 13.9. The van der Waals surface area contributed by atoms with Gasteiger partial charge in [-0.1, -0.05) is 48.5 Å². The van der Waals surface area contributed by atoms with Gasteiger partial charge >= 0.3 is 0 Å². The Balaban J connectivity index is 2.32. The lowest BCUT2D eigenvalue weighted by atomic mass is 10.1. The number of rotatable bonds is 4. The molecule has 0 saturated carbocycles. The second-order valence-electron chi connectivity index (χ2n) is 4.06. The molecule has 2 atom stereocenters. The number of halogens is 1. The molecule has 0 bridgehead atoms. The van der Waals surface area contributed by atoms with Gasteiger partial charge < -0.3 is 5.11 Å². The van der Waals surface area contributed by atoms with E-state index < -0.39 is 21.4 Å². The first kappa shape index (κ1) is 13.7. The van der Waals surface area contributed by atoms with Crippen LogP contribution in [-0.2, 0) is 9.84 Å². The number of sulfone groups is 1. The van der Waals surface area contributed by atoms with Crippen LogP contribution in [0.15, 0.2) is 65.6 Å². The lowest BCUT2D eigenvalue weighted by Gasteiger charge is -2.16. The zero-order valence-electron chi connectivity index (χ0n) is 9.98. The van der Waals surface area contributed by atoms with Gasteiger partial charge in [0.25, 0.3) is 0 Å². The van der Waals surface area contributed by atoms with Gasteiger partial charge in [-0.15, -0.1) is 0 Å². The maximum Gasteiger partial charge on any atom is 0.234 e. The molecule has 0 heterocycles. The van der Waals surface area contributed by atoms with Crippen molar-refractivity contribution in [2.45, 2.75) is 16.5 Å². The summed E-state index contributed by atoms with van der Waals surface area (Å²) in [7, 11) is -4.20. The number of benzene rings is 2. The molecule has 0 fully saturated rings. The molecule has 100 valence electrons. The average molecular weight is 280 g/mol. The molecule has 2 aromatic carbocycles. The molecular formula is C14H13FO3S. The first-order valence-corrected chi connectivity index (χ1v) is 7.24.